The molecule has 0 fully saturated rings. The Kier molecular flexibility index (Phi) is 3.70. The maximum atomic E-state index is 12.1. The first-order chi connectivity index (χ1) is 11.6. The van der Waals surface area contributed by atoms with E-state index in [9.17, 15) is 4.79 Å². The zero-order valence-electron chi connectivity index (χ0n) is 12.5. The van der Waals surface area contributed by atoms with E-state index in [2.05, 4.69) is 31.3 Å². The van der Waals surface area contributed by atoms with Crippen molar-refractivity contribution < 1.29 is 9.21 Å². The maximum Gasteiger partial charge on any atom is 0.293 e. The molecule has 0 atom stereocenters. The number of aromatic nitrogens is 3. The number of fused-ring (bicyclic) bond motifs is 1. The SMILES string of the molecule is Cc1ccc(-c2csc3nc(NC(=O)c4ccc(Br)o4)nn23)cc1. The van der Waals surface area contributed by atoms with Crippen molar-refractivity contribution in [1.29, 1.82) is 0 Å². The number of carbonyl (C=O) groups is 1. The Hall–Kier alpha value is -2.45. The number of aryl methyl sites for hydroxylation is 1. The number of hydrogen-bond donors (Lipinski definition) is 1. The molecule has 4 aromatic rings. The second-order valence-electron chi connectivity index (χ2n) is 5.17. The maximum absolute atomic E-state index is 12.1. The Morgan fingerprint density at radius 1 is 1.25 bits per heavy atom. The summed E-state index contributed by atoms with van der Waals surface area (Å²) in [7, 11) is 0. The van der Waals surface area contributed by atoms with E-state index in [1.807, 2.05) is 36.6 Å². The third kappa shape index (κ3) is 2.74. The number of benzene rings is 1. The average molecular weight is 403 g/mol. The van der Waals surface area contributed by atoms with Gasteiger partial charge in [-0.05, 0) is 35.0 Å². The van der Waals surface area contributed by atoms with Gasteiger partial charge in [0.1, 0.15) is 0 Å². The molecule has 1 aromatic carbocycles. The van der Waals surface area contributed by atoms with Crippen molar-refractivity contribution in [2.45, 2.75) is 6.92 Å². The fraction of sp³-hybridized carbons (Fsp3) is 0.0625. The van der Waals surface area contributed by atoms with Crippen LogP contribution in [0.4, 0.5) is 5.95 Å². The minimum atomic E-state index is -0.393. The average Bonchev–Trinajstić information content (AvgIpc) is 3.24. The van der Waals surface area contributed by atoms with Crippen molar-refractivity contribution in [3.63, 3.8) is 0 Å². The van der Waals surface area contributed by atoms with Crippen LogP contribution in [-0.4, -0.2) is 20.5 Å². The van der Waals surface area contributed by atoms with Crippen LogP contribution >= 0.6 is 27.3 Å². The van der Waals surface area contributed by atoms with Gasteiger partial charge in [-0.3, -0.25) is 10.1 Å². The van der Waals surface area contributed by atoms with E-state index in [1.54, 1.807) is 16.6 Å². The second kappa shape index (κ2) is 5.88. The van der Waals surface area contributed by atoms with Crippen LogP contribution in [0, 0.1) is 6.92 Å². The molecule has 24 heavy (non-hydrogen) atoms. The van der Waals surface area contributed by atoms with Gasteiger partial charge in [-0.2, -0.15) is 4.98 Å². The Labute approximate surface area is 149 Å². The molecule has 0 radical (unpaired) electrons. The Balaban J connectivity index is 1.64. The summed E-state index contributed by atoms with van der Waals surface area (Å²) in [6.07, 6.45) is 0. The van der Waals surface area contributed by atoms with E-state index >= 15 is 0 Å². The van der Waals surface area contributed by atoms with Gasteiger partial charge >= 0.3 is 0 Å². The lowest BCUT2D eigenvalue weighted by atomic mass is 10.1. The molecule has 0 saturated heterocycles. The number of nitrogens with zero attached hydrogens (tertiary/aromatic N) is 3. The smallest absolute Gasteiger partial charge is 0.293 e. The van der Waals surface area contributed by atoms with Crippen molar-refractivity contribution in [1.82, 2.24) is 14.6 Å². The number of furan rings is 1. The Morgan fingerprint density at radius 3 is 2.75 bits per heavy atom. The number of halogens is 1. The number of amides is 1. The van der Waals surface area contributed by atoms with Crippen molar-refractivity contribution in [3.05, 3.63) is 57.8 Å². The Morgan fingerprint density at radius 2 is 2.04 bits per heavy atom. The largest absolute Gasteiger partial charge is 0.444 e. The van der Waals surface area contributed by atoms with Crippen LogP contribution in [-0.2, 0) is 0 Å². The predicted molar refractivity (Wildman–Crippen MR) is 95.4 cm³/mol. The van der Waals surface area contributed by atoms with Gasteiger partial charge in [0.05, 0.1) is 5.69 Å². The molecule has 1 N–H and O–H groups in total. The lowest BCUT2D eigenvalue weighted by Crippen LogP contribution is -2.12. The summed E-state index contributed by atoms with van der Waals surface area (Å²) < 4.78 is 7.44. The van der Waals surface area contributed by atoms with Gasteiger partial charge in [0.2, 0.25) is 4.96 Å². The normalized spacial score (nSPS) is 11.1. The third-order valence-corrected chi connectivity index (χ3v) is 4.69. The molecule has 6 nitrogen and oxygen atoms in total. The summed E-state index contributed by atoms with van der Waals surface area (Å²) >= 11 is 4.64. The first-order valence-corrected chi connectivity index (χ1v) is 8.75. The van der Waals surface area contributed by atoms with Crippen LogP contribution in [0.5, 0.6) is 0 Å². The molecular weight excluding hydrogens is 392 g/mol. The standard InChI is InChI=1S/C16H11BrN4O2S/c1-9-2-4-10(5-3-9)11-8-24-16-19-15(20-21(11)16)18-14(22)12-6-7-13(17)23-12/h2-8H,1H3,(H,18,20,22). The minimum Gasteiger partial charge on any atom is -0.444 e. The lowest BCUT2D eigenvalue weighted by Gasteiger charge is -1.99. The van der Waals surface area contributed by atoms with Crippen LogP contribution in [0.15, 0.2) is 50.9 Å². The van der Waals surface area contributed by atoms with Crippen LogP contribution in [0.1, 0.15) is 16.1 Å². The van der Waals surface area contributed by atoms with E-state index in [1.165, 1.54) is 16.9 Å². The fourth-order valence-corrected chi connectivity index (χ4v) is 3.39. The summed E-state index contributed by atoms with van der Waals surface area (Å²) in [5.74, 6) is 0.0439. The molecular formula is C16H11BrN4O2S. The molecule has 0 saturated carbocycles. The Bertz CT molecular complexity index is 1030. The van der Waals surface area contributed by atoms with Gasteiger partial charge < -0.3 is 4.42 Å². The first-order valence-electron chi connectivity index (χ1n) is 7.08. The topological polar surface area (TPSA) is 72.4 Å². The molecule has 120 valence electrons. The van der Waals surface area contributed by atoms with E-state index < -0.39 is 5.91 Å². The summed E-state index contributed by atoms with van der Waals surface area (Å²) in [6.45, 7) is 2.04. The predicted octanol–water partition coefficient (Wildman–Crippen LogP) is 4.37. The van der Waals surface area contributed by atoms with Crippen molar-refractivity contribution >= 4 is 44.1 Å². The molecule has 0 unspecified atom stereocenters. The number of nitrogens with one attached hydrogen (secondary N) is 1. The van der Waals surface area contributed by atoms with Crippen LogP contribution < -0.4 is 5.32 Å². The molecule has 0 bridgehead atoms. The number of anilines is 1. The van der Waals surface area contributed by atoms with Crippen LogP contribution in [0.25, 0.3) is 16.2 Å². The van der Waals surface area contributed by atoms with E-state index in [-0.39, 0.29) is 11.7 Å². The molecule has 0 aliphatic rings. The van der Waals surface area contributed by atoms with Gasteiger partial charge in [0.15, 0.2) is 10.4 Å². The highest BCUT2D eigenvalue weighted by Crippen LogP contribution is 2.26. The summed E-state index contributed by atoms with van der Waals surface area (Å²) in [6, 6.07) is 11.4. The highest BCUT2D eigenvalue weighted by Gasteiger charge is 2.16. The molecule has 4 rings (SSSR count). The molecule has 1 amide bonds. The van der Waals surface area contributed by atoms with E-state index in [4.69, 9.17) is 4.42 Å². The molecule has 0 aliphatic carbocycles. The zero-order chi connectivity index (χ0) is 16.7. The molecule has 0 aliphatic heterocycles. The number of thiazole rings is 1. The van der Waals surface area contributed by atoms with Gasteiger partial charge in [0.25, 0.3) is 11.9 Å². The molecule has 0 spiro atoms. The monoisotopic (exact) mass is 402 g/mol. The van der Waals surface area contributed by atoms with Crippen LogP contribution in [0.3, 0.4) is 0 Å². The summed E-state index contributed by atoms with van der Waals surface area (Å²) in [5.41, 5.74) is 3.18. The fourth-order valence-electron chi connectivity index (χ4n) is 2.26. The van der Waals surface area contributed by atoms with Crippen molar-refractivity contribution in [3.8, 4) is 11.3 Å². The van der Waals surface area contributed by atoms with Crippen molar-refractivity contribution in [2.24, 2.45) is 0 Å². The number of carbonyl (C=O) groups excluding carboxylic acids is 1. The third-order valence-electron chi connectivity index (χ3n) is 3.45. The van der Waals surface area contributed by atoms with Gasteiger partial charge in [-0.25, -0.2) is 4.52 Å². The number of hydrogen-bond acceptors (Lipinski definition) is 5. The first kappa shape index (κ1) is 15.1. The molecule has 3 heterocycles. The van der Waals surface area contributed by atoms with E-state index in [0.29, 0.717) is 9.63 Å². The molecule has 8 heteroatoms. The van der Waals surface area contributed by atoms with Crippen molar-refractivity contribution in [2.75, 3.05) is 5.32 Å². The number of rotatable bonds is 3. The second-order valence-corrected chi connectivity index (χ2v) is 6.79. The lowest BCUT2D eigenvalue weighted by molar-refractivity contribution is 0.0994. The molecule has 3 aromatic heterocycles. The highest BCUT2D eigenvalue weighted by atomic mass is 79.9. The summed E-state index contributed by atoms with van der Waals surface area (Å²) in [5, 5.41) is 9.01. The highest BCUT2D eigenvalue weighted by molar-refractivity contribution is 9.10. The quantitative estimate of drug-likeness (QED) is 0.551. The van der Waals surface area contributed by atoms with E-state index in [0.717, 1.165) is 11.3 Å². The van der Waals surface area contributed by atoms with Gasteiger partial charge in [-0.15, -0.1) is 16.4 Å². The zero-order valence-corrected chi connectivity index (χ0v) is 14.9. The minimum absolute atomic E-state index is 0.193. The summed E-state index contributed by atoms with van der Waals surface area (Å²) in [4.78, 5) is 17.2. The van der Waals surface area contributed by atoms with Crippen LogP contribution in [0.2, 0.25) is 0 Å². The van der Waals surface area contributed by atoms with Gasteiger partial charge in [0, 0.05) is 10.9 Å². The van der Waals surface area contributed by atoms with Gasteiger partial charge in [-0.1, -0.05) is 29.8 Å².